The van der Waals surface area contributed by atoms with Crippen LogP contribution in [-0.4, -0.2) is 22.4 Å². The fourth-order valence-electron chi connectivity index (χ4n) is 1.13. The Kier molecular flexibility index (Phi) is 7.86. The summed E-state index contributed by atoms with van der Waals surface area (Å²) in [5.74, 6) is 0. The molecule has 0 saturated carbocycles. The molecule has 0 fully saturated rings. The lowest BCUT2D eigenvalue weighted by Gasteiger charge is -2.18. The Morgan fingerprint density at radius 2 is 2.00 bits per heavy atom. The Balaban J connectivity index is 3.51. The van der Waals surface area contributed by atoms with Gasteiger partial charge in [-0.25, -0.2) is 0 Å². The zero-order chi connectivity index (χ0) is 9.40. The average Bonchev–Trinajstić information content (AvgIpc) is 2.11. The molecule has 2 unspecified atom stereocenters. The fourth-order valence-corrected chi connectivity index (χ4v) is 3.38. The molecule has 0 saturated heterocycles. The molecule has 0 aliphatic rings. The van der Waals surface area contributed by atoms with Crippen LogP contribution in [-0.2, 0) is 9.16 Å². The quantitative estimate of drug-likeness (QED) is 0.454. The van der Waals surface area contributed by atoms with Crippen LogP contribution < -0.4 is 0 Å². The molecule has 0 bridgehead atoms. The minimum atomic E-state index is -0.931. The van der Waals surface area contributed by atoms with Gasteiger partial charge in [0.25, 0.3) is 0 Å². The number of ether oxygens (including phenoxy) is 1. The van der Waals surface area contributed by atoms with E-state index in [1.54, 1.807) is 7.11 Å². The molecule has 0 aromatic heterocycles. The second-order valence-electron chi connectivity index (χ2n) is 3.11. The highest BCUT2D eigenvalue weighted by atomic mass is 28.3. The normalized spacial score (nSPS) is 16.0. The van der Waals surface area contributed by atoms with Gasteiger partial charge in [0, 0.05) is 7.11 Å². The largest absolute Gasteiger partial charge is 0.396 e. The van der Waals surface area contributed by atoms with E-state index in [1.165, 1.54) is 24.9 Å². The van der Waals surface area contributed by atoms with E-state index in [-0.39, 0.29) is 6.29 Å². The Labute approximate surface area is 78.0 Å². The standard InChI is InChI=1S/C9H22O2Si/c1-5-7-8-12(6-2)11-9(3)10-4/h9,12H,5-8H2,1-4H3. The first-order chi connectivity index (χ1) is 5.74. The zero-order valence-corrected chi connectivity index (χ0v) is 9.95. The molecule has 0 aliphatic heterocycles. The second kappa shape index (κ2) is 7.77. The SMILES string of the molecule is CCCC[SiH](CC)OC(C)OC. The average molecular weight is 190 g/mol. The van der Waals surface area contributed by atoms with Crippen molar-refractivity contribution < 1.29 is 9.16 Å². The van der Waals surface area contributed by atoms with Gasteiger partial charge in [0.1, 0.15) is 6.29 Å². The third-order valence-corrected chi connectivity index (χ3v) is 4.78. The summed E-state index contributed by atoms with van der Waals surface area (Å²) in [6.45, 7) is 6.41. The van der Waals surface area contributed by atoms with E-state index >= 15 is 0 Å². The molecule has 0 N–H and O–H groups in total. The summed E-state index contributed by atoms with van der Waals surface area (Å²) in [5, 5.41) is 0. The molecule has 0 heterocycles. The Morgan fingerprint density at radius 3 is 2.42 bits per heavy atom. The smallest absolute Gasteiger partial charge is 0.180 e. The molecule has 0 aliphatic carbocycles. The van der Waals surface area contributed by atoms with Crippen molar-refractivity contribution in [2.24, 2.45) is 0 Å². The van der Waals surface area contributed by atoms with Crippen molar-refractivity contribution in [1.82, 2.24) is 0 Å². The van der Waals surface area contributed by atoms with E-state index < -0.39 is 9.04 Å². The predicted octanol–water partition coefficient (Wildman–Crippen LogP) is 2.54. The number of unbranched alkanes of at least 4 members (excludes halogenated alkanes) is 1. The molecule has 12 heavy (non-hydrogen) atoms. The van der Waals surface area contributed by atoms with Crippen LogP contribution >= 0.6 is 0 Å². The minimum Gasteiger partial charge on any atom is -0.396 e. The van der Waals surface area contributed by atoms with Gasteiger partial charge in [-0.2, -0.15) is 0 Å². The number of hydrogen-bond donors (Lipinski definition) is 0. The summed E-state index contributed by atoms with van der Waals surface area (Å²) in [4.78, 5) is 0. The first-order valence-corrected chi connectivity index (χ1v) is 7.03. The van der Waals surface area contributed by atoms with E-state index in [0.29, 0.717) is 0 Å². The molecule has 2 nitrogen and oxygen atoms in total. The molecule has 0 spiro atoms. The topological polar surface area (TPSA) is 18.5 Å². The summed E-state index contributed by atoms with van der Waals surface area (Å²) in [5.41, 5.74) is 0. The number of methoxy groups -OCH3 is 1. The van der Waals surface area contributed by atoms with Crippen molar-refractivity contribution in [1.29, 1.82) is 0 Å². The highest BCUT2D eigenvalue weighted by Gasteiger charge is 2.11. The molecule has 0 rings (SSSR count). The van der Waals surface area contributed by atoms with Crippen LogP contribution in [0.5, 0.6) is 0 Å². The van der Waals surface area contributed by atoms with E-state index in [0.717, 1.165) is 0 Å². The van der Waals surface area contributed by atoms with Crippen LogP contribution in [0.4, 0.5) is 0 Å². The van der Waals surface area contributed by atoms with Crippen molar-refractivity contribution in [2.45, 2.75) is 52.0 Å². The second-order valence-corrected chi connectivity index (χ2v) is 6.02. The lowest BCUT2D eigenvalue weighted by molar-refractivity contribution is -0.0415. The molecule has 2 atom stereocenters. The maximum atomic E-state index is 5.77. The summed E-state index contributed by atoms with van der Waals surface area (Å²) >= 11 is 0. The number of hydrogen-bond acceptors (Lipinski definition) is 2. The lowest BCUT2D eigenvalue weighted by Crippen LogP contribution is -2.24. The van der Waals surface area contributed by atoms with Crippen LogP contribution in [0.2, 0.25) is 12.1 Å². The summed E-state index contributed by atoms with van der Waals surface area (Å²) < 4.78 is 10.8. The van der Waals surface area contributed by atoms with Gasteiger partial charge in [-0.1, -0.05) is 26.7 Å². The Hall–Kier alpha value is 0.137. The van der Waals surface area contributed by atoms with Gasteiger partial charge in [0.15, 0.2) is 9.04 Å². The minimum absolute atomic E-state index is 0.00141. The first kappa shape index (κ1) is 12.1. The van der Waals surface area contributed by atoms with Gasteiger partial charge >= 0.3 is 0 Å². The van der Waals surface area contributed by atoms with Gasteiger partial charge < -0.3 is 9.16 Å². The molecule has 0 aromatic carbocycles. The van der Waals surface area contributed by atoms with Crippen molar-refractivity contribution in [3.8, 4) is 0 Å². The van der Waals surface area contributed by atoms with Gasteiger partial charge in [-0.05, 0) is 19.0 Å². The Morgan fingerprint density at radius 1 is 1.33 bits per heavy atom. The molecule has 0 aromatic rings. The molecule has 3 heteroatoms. The molecule has 74 valence electrons. The summed E-state index contributed by atoms with van der Waals surface area (Å²) in [6.07, 6.45) is 2.58. The highest BCUT2D eigenvalue weighted by Crippen LogP contribution is 2.09. The van der Waals surface area contributed by atoms with Crippen LogP contribution in [0.25, 0.3) is 0 Å². The fraction of sp³-hybridized carbons (Fsp3) is 1.00. The third kappa shape index (κ3) is 5.74. The van der Waals surface area contributed by atoms with E-state index in [4.69, 9.17) is 9.16 Å². The van der Waals surface area contributed by atoms with Crippen LogP contribution in [0.15, 0.2) is 0 Å². The van der Waals surface area contributed by atoms with Crippen LogP contribution in [0.3, 0.4) is 0 Å². The maximum Gasteiger partial charge on any atom is 0.180 e. The van der Waals surface area contributed by atoms with Gasteiger partial charge in [0.2, 0.25) is 0 Å². The summed E-state index contributed by atoms with van der Waals surface area (Å²) in [6, 6.07) is 2.51. The van der Waals surface area contributed by atoms with Crippen LogP contribution in [0.1, 0.15) is 33.6 Å². The maximum absolute atomic E-state index is 5.77. The van der Waals surface area contributed by atoms with Gasteiger partial charge in [-0.3, -0.25) is 0 Å². The van der Waals surface area contributed by atoms with Crippen molar-refractivity contribution in [3.63, 3.8) is 0 Å². The molecule has 0 amide bonds. The van der Waals surface area contributed by atoms with Crippen molar-refractivity contribution >= 4 is 9.04 Å². The van der Waals surface area contributed by atoms with E-state index in [1.807, 2.05) is 6.92 Å². The first-order valence-electron chi connectivity index (χ1n) is 4.92. The van der Waals surface area contributed by atoms with Gasteiger partial charge in [-0.15, -0.1) is 0 Å². The zero-order valence-electron chi connectivity index (χ0n) is 8.80. The van der Waals surface area contributed by atoms with Crippen LogP contribution in [0, 0.1) is 0 Å². The van der Waals surface area contributed by atoms with Crippen molar-refractivity contribution in [2.75, 3.05) is 7.11 Å². The third-order valence-electron chi connectivity index (χ3n) is 2.05. The summed E-state index contributed by atoms with van der Waals surface area (Å²) in [7, 11) is 0.769. The predicted molar refractivity (Wildman–Crippen MR) is 54.9 cm³/mol. The van der Waals surface area contributed by atoms with E-state index in [2.05, 4.69) is 13.8 Å². The van der Waals surface area contributed by atoms with Gasteiger partial charge in [0.05, 0.1) is 0 Å². The van der Waals surface area contributed by atoms with E-state index in [9.17, 15) is 0 Å². The van der Waals surface area contributed by atoms with Crippen molar-refractivity contribution in [3.05, 3.63) is 0 Å². The monoisotopic (exact) mass is 190 g/mol. The number of rotatable bonds is 7. The molecular formula is C9H22O2Si. The molecular weight excluding hydrogens is 168 g/mol. The highest BCUT2D eigenvalue weighted by molar-refractivity contribution is 6.51. The molecule has 0 radical (unpaired) electrons. The Bertz CT molecular complexity index is 98.5. The lowest BCUT2D eigenvalue weighted by atomic mass is 10.4.